The van der Waals surface area contributed by atoms with Gasteiger partial charge in [0, 0.05) is 42.3 Å². The molecule has 1 saturated carbocycles. The first-order valence-corrected chi connectivity index (χ1v) is 15.6. The van der Waals surface area contributed by atoms with Crippen LogP contribution in [0.5, 0.6) is 5.75 Å². The van der Waals surface area contributed by atoms with Crippen LogP contribution in [0.4, 0.5) is 0 Å². The molecule has 3 aliphatic rings. The summed E-state index contributed by atoms with van der Waals surface area (Å²) in [5, 5.41) is 4.31. The Hall–Kier alpha value is -3.18. The van der Waals surface area contributed by atoms with Crippen molar-refractivity contribution >= 4 is 26.5 Å². The van der Waals surface area contributed by atoms with Gasteiger partial charge in [0.05, 0.1) is 29.6 Å². The van der Waals surface area contributed by atoms with E-state index in [1.807, 2.05) is 16.8 Å². The van der Waals surface area contributed by atoms with E-state index in [-0.39, 0.29) is 23.1 Å². The van der Waals surface area contributed by atoms with Gasteiger partial charge < -0.3 is 9.72 Å². The van der Waals surface area contributed by atoms with Gasteiger partial charge in [0.25, 0.3) is 0 Å². The second kappa shape index (κ2) is 8.66. The highest BCUT2D eigenvalue weighted by molar-refractivity contribution is 7.92. The van der Waals surface area contributed by atoms with Gasteiger partial charge in [-0.3, -0.25) is 9.47 Å². The molecule has 39 heavy (non-hydrogen) atoms. The van der Waals surface area contributed by atoms with E-state index in [0.717, 1.165) is 66.5 Å². The molecule has 1 aliphatic carbocycles. The monoisotopic (exact) mass is 550 g/mol. The fraction of sp³-hybridized carbons (Fsp3) is 0.536. The molecule has 7 rings (SSSR count). The van der Waals surface area contributed by atoms with Crippen molar-refractivity contribution in [3.05, 3.63) is 46.8 Å². The number of fused-ring (bicyclic) bond motifs is 2. The molecule has 1 aromatic carbocycles. The Bertz CT molecular complexity index is 1740. The summed E-state index contributed by atoms with van der Waals surface area (Å²) in [5.74, 6) is 1.60. The Morgan fingerprint density at radius 2 is 1.79 bits per heavy atom. The average molecular weight is 551 g/mol. The van der Waals surface area contributed by atoms with Crippen LogP contribution in [0, 0.1) is 5.41 Å². The molecule has 1 N–H and O–H groups in total. The van der Waals surface area contributed by atoms with Gasteiger partial charge in [-0.05, 0) is 60.9 Å². The minimum absolute atomic E-state index is 0.0247. The Morgan fingerprint density at radius 1 is 1.08 bits per heavy atom. The fourth-order valence-electron chi connectivity index (χ4n) is 7.30. The van der Waals surface area contributed by atoms with Crippen molar-refractivity contribution in [2.75, 3.05) is 31.7 Å². The number of rotatable bonds is 5. The van der Waals surface area contributed by atoms with E-state index >= 15 is 0 Å². The third-order valence-electron chi connectivity index (χ3n) is 9.06. The van der Waals surface area contributed by atoms with Crippen molar-refractivity contribution < 1.29 is 13.2 Å². The molecule has 0 bridgehead atoms. The highest BCUT2D eigenvalue weighted by atomic mass is 32.2. The lowest BCUT2D eigenvalue weighted by Crippen LogP contribution is -2.70. The molecule has 3 aromatic heterocycles. The van der Waals surface area contributed by atoms with Gasteiger partial charge in [-0.15, -0.1) is 0 Å². The largest absolute Gasteiger partial charge is 0.493 e. The smallest absolute Gasteiger partial charge is 0.326 e. The quantitative estimate of drug-likeness (QED) is 0.405. The highest BCUT2D eigenvalue weighted by Crippen LogP contribution is 2.45. The van der Waals surface area contributed by atoms with Crippen LogP contribution >= 0.6 is 0 Å². The first kappa shape index (κ1) is 24.8. The third kappa shape index (κ3) is 4.00. The van der Waals surface area contributed by atoms with Crippen molar-refractivity contribution in [3.8, 4) is 16.9 Å². The van der Waals surface area contributed by atoms with E-state index in [0.29, 0.717) is 28.9 Å². The second-order valence-corrected chi connectivity index (χ2v) is 14.2. The third-order valence-corrected chi connectivity index (χ3v) is 11.2. The Labute approximate surface area is 226 Å². The van der Waals surface area contributed by atoms with E-state index in [1.165, 1.54) is 6.33 Å². The fourth-order valence-corrected chi connectivity index (χ4v) is 9.45. The van der Waals surface area contributed by atoms with Gasteiger partial charge in [0.15, 0.2) is 21.2 Å². The predicted molar refractivity (Wildman–Crippen MR) is 149 cm³/mol. The first-order valence-electron chi connectivity index (χ1n) is 13.8. The molecular weight excluding hydrogens is 516 g/mol. The van der Waals surface area contributed by atoms with Gasteiger partial charge in [-0.25, -0.2) is 22.7 Å². The molecule has 3 fully saturated rings. The van der Waals surface area contributed by atoms with Gasteiger partial charge >= 0.3 is 5.69 Å². The number of pyridine rings is 1. The Kier molecular flexibility index (Phi) is 5.51. The van der Waals surface area contributed by atoms with Crippen LogP contribution in [-0.4, -0.2) is 75.2 Å². The van der Waals surface area contributed by atoms with Crippen LogP contribution in [0.1, 0.15) is 57.1 Å². The molecule has 4 aromatic rings. The molecule has 1 spiro atoms. The van der Waals surface area contributed by atoms with E-state index < -0.39 is 9.84 Å². The molecule has 0 amide bonds. The maximum absolute atomic E-state index is 13.3. The lowest BCUT2D eigenvalue weighted by atomic mass is 9.79. The van der Waals surface area contributed by atoms with E-state index in [4.69, 9.17) is 4.74 Å². The molecule has 11 heteroatoms. The molecule has 5 heterocycles. The molecule has 0 unspecified atom stereocenters. The number of nitrogens with one attached hydrogen (secondary N) is 1. The summed E-state index contributed by atoms with van der Waals surface area (Å²) in [7, 11) is -1.16. The van der Waals surface area contributed by atoms with Crippen LogP contribution in [0.2, 0.25) is 0 Å². The lowest BCUT2D eigenvalue weighted by molar-refractivity contribution is -0.0258. The number of methoxy groups -OCH3 is 1. The number of H-pyrrole nitrogens is 1. The maximum Gasteiger partial charge on any atom is 0.326 e. The topological polar surface area (TPSA) is 115 Å². The average Bonchev–Trinajstić information content (AvgIpc) is 3.47. The summed E-state index contributed by atoms with van der Waals surface area (Å²) in [6.45, 7) is 6.15. The molecular formula is C28H34N6O4S. The summed E-state index contributed by atoms with van der Waals surface area (Å²) in [6.07, 6.45) is 7.40. The number of sulfone groups is 1. The van der Waals surface area contributed by atoms with E-state index in [9.17, 15) is 13.2 Å². The van der Waals surface area contributed by atoms with Gasteiger partial charge in [0.2, 0.25) is 0 Å². The summed E-state index contributed by atoms with van der Waals surface area (Å²) in [6, 6.07) is 6.87. The second-order valence-electron chi connectivity index (χ2n) is 12.1. The number of aromatic nitrogens is 5. The van der Waals surface area contributed by atoms with Gasteiger partial charge in [-0.2, -0.15) is 5.10 Å². The number of aromatic amines is 1. The van der Waals surface area contributed by atoms with Gasteiger partial charge in [-0.1, -0.05) is 13.8 Å². The summed E-state index contributed by atoms with van der Waals surface area (Å²) in [4.78, 5) is 23.2. The van der Waals surface area contributed by atoms with Crippen molar-refractivity contribution in [1.29, 1.82) is 0 Å². The number of ether oxygens (including phenoxy) is 1. The minimum atomic E-state index is -2.79. The standard InChI is InChI=1S/C28H34N6O4S/c1-17(2)21-10-24-23(9-22(21)18-8-25(38-3)26-29-16-30-33(26)11-18)31-27(35)34(24)20-6-4-19(5-7-20)32-12-28(13-32)14-39(36,37)15-28/h8-11,16-17,19-20H,4-7,12-15H2,1-3H3,(H,31,35). The molecule has 206 valence electrons. The van der Waals surface area contributed by atoms with Crippen LogP contribution in [0.3, 0.4) is 0 Å². The Balaban J connectivity index is 1.17. The van der Waals surface area contributed by atoms with Crippen molar-refractivity contribution in [2.45, 2.75) is 57.5 Å². The van der Waals surface area contributed by atoms with Gasteiger partial charge in [0.1, 0.15) is 6.33 Å². The van der Waals surface area contributed by atoms with Crippen LogP contribution in [-0.2, 0) is 9.84 Å². The molecule has 0 radical (unpaired) electrons. The van der Waals surface area contributed by atoms with Crippen LogP contribution < -0.4 is 10.4 Å². The SMILES string of the molecule is COc1cc(-c2cc3[nH]c(=O)n(C4CCC(N5CC6(C5)CS(=O)(=O)C6)CC4)c3cc2C(C)C)cn2ncnc12. The number of likely N-dealkylation sites (tertiary alicyclic amines) is 1. The van der Waals surface area contributed by atoms with Crippen LogP contribution in [0.25, 0.3) is 27.8 Å². The highest BCUT2D eigenvalue weighted by Gasteiger charge is 2.57. The normalized spacial score (nSPS) is 24.3. The maximum atomic E-state index is 13.3. The molecule has 2 saturated heterocycles. The van der Waals surface area contributed by atoms with Crippen LogP contribution in [0.15, 0.2) is 35.5 Å². The number of hydrogen-bond donors (Lipinski definition) is 1. The molecule has 2 aliphatic heterocycles. The first-order chi connectivity index (χ1) is 18.7. The number of benzene rings is 1. The molecule has 0 atom stereocenters. The summed E-state index contributed by atoms with van der Waals surface area (Å²) < 4.78 is 32.6. The van der Waals surface area contributed by atoms with Crippen molar-refractivity contribution in [3.63, 3.8) is 0 Å². The van der Waals surface area contributed by atoms with Crippen molar-refractivity contribution in [2.24, 2.45) is 5.41 Å². The number of imidazole rings is 1. The summed E-state index contributed by atoms with van der Waals surface area (Å²) in [5.41, 5.74) is 5.55. The zero-order valence-electron chi connectivity index (χ0n) is 22.6. The number of hydrogen-bond acceptors (Lipinski definition) is 7. The zero-order chi connectivity index (χ0) is 27.1. The summed E-state index contributed by atoms with van der Waals surface area (Å²) >= 11 is 0. The zero-order valence-corrected chi connectivity index (χ0v) is 23.4. The molecule has 10 nitrogen and oxygen atoms in total. The Morgan fingerprint density at radius 3 is 2.46 bits per heavy atom. The minimum Gasteiger partial charge on any atom is -0.493 e. The van der Waals surface area contributed by atoms with E-state index in [1.54, 1.807) is 11.6 Å². The predicted octanol–water partition coefficient (Wildman–Crippen LogP) is 3.39. The van der Waals surface area contributed by atoms with Crippen molar-refractivity contribution in [1.82, 2.24) is 29.0 Å². The van der Waals surface area contributed by atoms with E-state index in [2.05, 4.69) is 45.9 Å². The lowest BCUT2D eigenvalue weighted by Gasteiger charge is -2.58. The number of nitrogens with zero attached hydrogens (tertiary/aromatic N) is 5.